The highest BCUT2D eigenvalue weighted by Gasteiger charge is 2.49. The first kappa shape index (κ1) is 56.3. The van der Waals surface area contributed by atoms with E-state index < -0.39 is 112 Å². The van der Waals surface area contributed by atoms with Crippen LogP contribution in [0.4, 0.5) is 0 Å². The highest BCUT2D eigenvalue weighted by molar-refractivity contribution is 7.47. The summed E-state index contributed by atoms with van der Waals surface area (Å²) in [6.45, 7) is 2.82. The number of aliphatic hydroxyl groups excluding tert-OH is 7. The molecular weight excluding hydrogens is 827 g/mol. The number of carbonyl (C=O) groups is 3. The number of ether oxygens (including phenoxy) is 2. The quantitative estimate of drug-likeness (QED) is 0.0299. The van der Waals surface area contributed by atoms with Gasteiger partial charge in [0.1, 0.15) is 36.8 Å². The van der Waals surface area contributed by atoms with E-state index in [4.69, 9.17) is 18.5 Å². The van der Waals surface area contributed by atoms with Gasteiger partial charge in [0.05, 0.1) is 36.9 Å². The normalized spacial score (nSPS) is 32.1. The topological polar surface area (TPSA) is 267 Å². The number of fused-ring (bicyclic) bond motifs is 4. The molecule has 0 aromatic rings. The van der Waals surface area contributed by atoms with E-state index in [1.807, 2.05) is 6.92 Å². The van der Waals surface area contributed by atoms with Gasteiger partial charge in [0.25, 0.3) is 0 Å². The number of unbranched alkanes of at least 4 members (excludes halogenated alkanes) is 14. The van der Waals surface area contributed by atoms with E-state index >= 15 is 0 Å². The van der Waals surface area contributed by atoms with Crippen molar-refractivity contribution >= 4 is 25.5 Å². The van der Waals surface area contributed by atoms with Crippen molar-refractivity contribution in [2.75, 3.05) is 13.2 Å². The highest BCUT2D eigenvalue weighted by atomic mass is 31.2. The number of hydrogen-bond donors (Lipinski definition) is 8. The Kier molecular flexibility index (Phi) is 29.0. The van der Waals surface area contributed by atoms with E-state index in [9.17, 15) is 59.6 Å². The Bertz CT molecular complexity index is 1320. The molecule has 12 atom stereocenters. The van der Waals surface area contributed by atoms with Crippen molar-refractivity contribution in [2.45, 2.75) is 229 Å². The van der Waals surface area contributed by atoms with Gasteiger partial charge in [-0.1, -0.05) is 142 Å². The Morgan fingerprint density at radius 1 is 0.742 bits per heavy atom. The average Bonchev–Trinajstić information content (AvgIpc) is 3.23. The average molecular weight is 909 g/mol. The Morgan fingerprint density at radius 2 is 1.31 bits per heavy atom. The van der Waals surface area contributed by atoms with E-state index in [1.54, 1.807) is 0 Å². The van der Waals surface area contributed by atoms with Crippen molar-refractivity contribution in [1.82, 2.24) is 0 Å². The summed E-state index contributed by atoms with van der Waals surface area (Å²) in [4.78, 5) is 50.1. The number of rotatable bonds is 21. The summed E-state index contributed by atoms with van der Waals surface area (Å²) < 4.78 is 34.7. The predicted molar refractivity (Wildman–Crippen MR) is 231 cm³/mol. The monoisotopic (exact) mass is 909 g/mol. The fourth-order valence-electron chi connectivity index (χ4n) is 8.10. The zero-order chi connectivity index (χ0) is 45.9. The maximum Gasteiger partial charge on any atom is 0.472 e. The Balaban J connectivity index is 2.24. The van der Waals surface area contributed by atoms with Crippen molar-refractivity contribution in [3.63, 3.8) is 0 Å². The minimum absolute atomic E-state index is 0.000273. The molecule has 0 aromatic heterocycles. The van der Waals surface area contributed by atoms with Gasteiger partial charge in [-0.3, -0.25) is 23.4 Å². The van der Waals surface area contributed by atoms with Crippen LogP contribution in [0.5, 0.6) is 0 Å². The fraction of sp³-hybridized carbons (Fsp3) is 0.889. The van der Waals surface area contributed by atoms with Gasteiger partial charge in [0.15, 0.2) is 6.10 Å². The van der Waals surface area contributed by atoms with Crippen molar-refractivity contribution in [3.8, 4) is 0 Å². The van der Waals surface area contributed by atoms with Crippen molar-refractivity contribution in [2.24, 2.45) is 11.8 Å². The van der Waals surface area contributed by atoms with Crippen molar-refractivity contribution in [1.29, 1.82) is 0 Å². The number of ketones is 1. The maximum absolute atomic E-state index is 13.7. The largest absolute Gasteiger partial charge is 0.472 e. The molecule has 0 spiro atoms. The summed E-state index contributed by atoms with van der Waals surface area (Å²) in [6, 6.07) is 0. The molecule has 1 saturated heterocycles. The van der Waals surface area contributed by atoms with Crippen LogP contribution in [0.1, 0.15) is 174 Å². The van der Waals surface area contributed by atoms with E-state index in [1.165, 1.54) is 57.4 Å². The molecule has 2 fully saturated rings. The fourth-order valence-corrected chi connectivity index (χ4v) is 9.07. The van der Waals surface area contributed by atoms with Crippen LogP contribution < -0.4 is 0 Å². The van der Waals surface area contributed by atoms with Gasteiger partial charge in [0, 0.05) is 25.2 Å². The molecule has 1 saturated carbocycles. The highest BCUT2D eigenvalue weighted by Crippen LogP contribution is 2.47. The SMILES string of the molecule is CCCCCCCCCCCCCCCC(=O)O[C@@H]1COC(=O)CCCCCC[C@@H]2[C@@H](O)[C@H](O)[C@@H](O)[C@H](OP(=O)(O)OC1)[C@H](O)[C@H](O)[C@@H](/C=C/[C@@H](O)CCCCC)C(=O)C[C@@H]2O. The van der Waals surface area contributed by atoms with Crippen LogP contribution in [0.15, 0.2) is 12.2 Å². The molecule has 17 heteroatoms. The van der Waals surface area contributed by atoms with Gasteiger partial charge in [-0.15, -0.1) is 0 Å². The summed E-state index contributed by atoms with van der Waals surface area (Å²) in [5.74, 6) is -4.98. The third-order valence-electron chi connectivity index (χ3n) is 12.0. The summed E-state index contributed by atoms with van der Waals surface area (Å²) in [5, 5.41) is 78.5. The molecule has 1 aliphatic heterocycles. The second-order valence-corrected chi connectivity index (χ2v) is 18.8. The Hall–Kier alpha value is -1.82. The predicted octanol–water partition coefficient (Wildman–Crippen LogP) is 5.65. The second kappa shape index (κ2) is 32.0. The van der Waals surface area contributed by atoms with Crippen molar-refractivity contribution in [3.05, 3.63) is 12.2 Å². The summed E-state index contributed by atoms with van der Waals surface area (Å²) >= 11 is 0. The molecule has 0 amide bonds. The zero-order valence-corrected chi connectivity index (χ0v) is 38.3. The molecule has 1 unspecified atom stereocenters. The molecule has 2 bridgehead atoms. The van der Waals surface area contributed by atoms with E-state index in [0.717, 1.165) is 44.6 Å². The third-order valence-corrected chi connectivity index (χ3v) is 13.0. The van der Waals surface area contributed by atoms with Gasteiger partial charge in [-0.05, 0) is 25.7 Å². The second-order valence-electron chi connectivity index (χ2n) is 17.4. The first-order valence-electron chi connectivity index (χ1n) is 23.6. The molecule has 62 heavy (non-hydrogen) atoms. The lowest BCUT2D eigenvalue weighted by Crippen LogP contribution is -2.55. The molecule has 16 nitrogen and oxygen atoms in total. The first-order valence-corrected chi connectivity index (χ1v) is 25.1. The summed E-state index contributed by atoms with van der Waals surface area (Å²) in [7, 11) is -5.45. The van der Waals surface area contributed by atoms with Gasteiger partial charge in [-0.25, -0.2) is 4.57 Å². The van der Waals surface area contributed by atoms with Crippen molar-refractivity contribution < 1.29 is 78.1 Å². The van der Waals surface area contributed by atoms with Gasteiger partial charge < -0.3 is 50.1 Å². The number of Topliss-reactive ketones (excluding diaryl/α,β-unsaturated/α-hetero) is 1. The number of esters is 2. The van der Waals surface area contributed by atoms with Crippen LogP contribution in [0.2, 0.25) is 0 Å². The number of hydrogen-bond acceptors (Lipinski definition) is 15. The molecule has 362 valence electrons. The molecule has 8 N–H and O–H groups in total. The lowest BCUT2D eigenvalue weighted by atomic mass is 9.82. The van der Waals surface area contributed by atoms with E-state index in [2.05, 4.69) is 6.92 Å². The maximum atomic E-state index is 13.7. The molecule has 2 aliphatic rings. The molecule has 0 aromatic carbocycles. The van der Waals surface area contributed by atoms with Gasteiger partial charge >= 0.3 is 19.8 Å². The van der Waals surface area contributed by atoms with E-state index in [-0.39, 0.29) is 19.3 Å². The summed E-state index contributed by atoms with van der Waals surface area (Å²) in [5.41, 5.74) is 0. The molecule has 1 heterocycles. The number of phosphoric ester groups is 1. The van der Waals surface area contributed by atoms with Crippen LogP contribution in [0.25, 0.3) is 0 Å². The number of carbonyl (C=O) groups excluding carboxylic acids is 3. The van der Waals surface area contributed by atoms with Crippen LogP contribution in [0.3, 0.4) is 0 Å². The smallest absolute Gasteiger partial charge is 0.462 e. The van der Waals surface area contributed by atoms with Crippen LogP contribution in [-0.2, 0) is 37.5 Å². The minimum atomic E-state index is -5.45. The molecule has 2 rings (SSSR count). The lowest BCUT2D eigenvalue weighted by molar-refractivity contribution is -0.167. The van der Waals surface area contributed by atoms with Crippen LogP contribution in [0, 0.1) is 11.8 Å². The van der Waals surface area contributed by atoms with Crippen LogP contribution in [-0.4, -0.2) is 127 Å². The Morgan fingerprint density at radius 3 is 1.94 bits per heavy atom. The third kappa shape index (κ3) is 22.4. The van der Waals surface area contributed by atoms with Crippen LogP contribution >= 0.6 is 7.82 Å². The van der Waals surface area contributed by atoms with Gasteiger partial charge in [0.2, 0.25) is 0 Å². The Labute approximate surface area is 369 Å². The van der Waals surface area contributed by atoms with Gasteiger partial charge in [-0.2, -0.15) is 0 Å². The molecular formula is C45H81O16P. The summed E-state index contributed by atoms with van der Waals surface area (Å²) in [6.07, 6.45) is 3.25. The molecule has 0 radical (unpaired) electrons. The minimum Gasteiger partial charge on any atom is -0.462 e. The number of phosphoric acid groups is 1. The number of aliphatic hydroxyl groups is 7. The lowest BCUT2D eigenvalue weighted by Gasteiger charge is -2.37. The standard InChI is InChI=1S/C45H81O16P/c1-3-5-7-8-9-10-11-12-13-14-15-16-22-26-39(50)60-33-30-58-38(49)25-21-18-17-20-24-34-36(47)29-37(48)35(28-27-32(46)23-19-6-4-2)41(52)43(54)45(44(55)42(53)40(34)51)61-62(56,57)59-31-33/h27-28,32-36,40-47,51-55H,3-26,29-31H2,1-2H3,(H,56,57)/b28-27+/t32-,33+,34-,35-,36-,40+,41+,42-,43+,44+,45+/m0/s1. The first-order chi connectivity index (χ1) is 29.6. The zero-order valence-electron chi connectivity index (χ0n) is 37.4. The molecule has 1 aliphatic carbocycles. The number of cyclic esters (lactones) is 1. The van der Waals surface area contributed by atoms with E-state index in [0.29, 0.717) is 44.9 Å².